The first-order chi connectivity index (χ1) is 11.4. The minimum Gasteiger partial charge on any atom is -0.465 e. The van der Waals surface area contributed by atoms with E-state index in [4.69, 9.17) is 14.3 Å². The van der Waals surface area contributed by atoms with Crippen LogP contribution in [0.1, 0.15) is 38.8 Å². The largest absolute Gasteiger partial charge is 0.465 e. The molecule has 0 bridgehead atoms. The molecule has 0 saturated heterocycles. The predicted molar refractivity (Wildman–Crippen MR) is 88.7 cm³/mol. The third kappa shape index (κ3) is 3.85. The molecule has 0 atom stereocenters. The molecule has 0 fully saturated rings. The summed E-state index contributed by atoms with van der Waals surface area (Å²) in [6.07, 6.45) is 0. The summed E-state index contributed by atoms with van der Waals surface area (Å²) in [4.78, 5) is 13.7. The number of hydrogen-bond acceptors (Lipinski definition) is 6. The molecule has 2 heterocycles. The molecule has 0 unspecified atom stereocenters. The monoisotopic (exact) mass is 335 g/mol. The van der Waals surface area contributed by atoms with Crippen LogP contribution >= 0.6 is 0 Å². The zero-order valence-electron chi connectivity index (χ0n) is 14.9. The number of rotatable bonds is 7. The van der Waals surface area contributed by atoms with E-state index >= 15 is 0 Å². The van der Waals surface area contributed by atoms with Crippen molar-refractivity contribution in [3.8, 4) is 0 Å². The second-order valence-corrected chi connectivity index (χ2v) is 5.94. The van der Waals surface area contributed by atoms with E-state index in [2.05, 4.69) is 10.00 Å². The summed E-state index contributed by atoms with van der Waals surface area (Å²) in [5, 5.41) is 13.6. The van der Waals surface area contributed by atoms with Gasteiger partial charge in [-0.3, -0.25) is 9.58 Å². The van der Waals surface area contributed by atoms with Gasteiger partial charge in [-0.15, -0.1) is 0 Å². The van der Waals surface area contributed by atoms with Crippen LogP contribution < -0.4 is 0 Å². The molecular weight excluding hydrogens is 310 g/mol. The number of ether oxygens (including phenoxy) is 1. The quantitative estimate of drug-likeness (QED) is 0.777. The summed E-state index contributed by atoms with van der Waals surface area (Å²) in [6.45, 7) is 7.57. The molecule has 0 aromatic carbocycles. The van der Waals surface area contributed by atoms with Crippen molar-refractivity contribution < 1.29 is 19.1 Å². The zero-order valence-corrected chi connectivity index (χ0v) is 14.9. The summed E-state index contributed by atoms with van der Waals surface area (Å²) in [6, 6.07) is 1.73. The predicted octanol–water partition coefficient (Wildman–Crippen LogP) is 1.81. The van der Waals surface area contributed by atoms with Crippen molar-refractivity contribution in [1.29, 1.82) is 0 Å². The lowest BCUT2D eigenvalue weighted by Gasteiger charge is -2.15. The van der Waals surface area contributed by atoms with E-state index in [0.29, 0.717) is 36.7 Å². The molecule has 0 spiro atoms. The van der Waals surface area contributed by atoms with Crippen LogP contribution in [0.4, 0.5) is 0 Å². The first-order valence-electron chi connectivity index (χ1n) is 7.87. The van der Waals surface area contributed by atoms with Crippen molar-refractivity contribution in [2.45, 2.75) is 40.4 Å². The number of aromatic nitrogens is 2. The van der Waals surface area contributed by atoms with Crippen LogP contribution in [0.5, 0.6) is 0 Å². The molecule has 0 aliphatic heterocycles. The van der Waals surface area contributed by atoms with Crippen molar-refractivity contribution in [3.63, 3.8) is 0 Å². The molecule has 0 aliphatic rings. The van der Waals surface area contributed by atoms with Gasteiger partial charge in [0.05, 0.1) is 32.5 Å². The number of carbonyl (C=O) groups excluding carboxylic acids is 1. The average molecular weight is 335 g/mol. The minimum atomic E-state index is -0.387. The minimum absolute atomic E-state index is 0.0687. The van der Waals surface area contributed by atoms with E-state index in [1.165, 1.54) is 7.11 Å². The van der Waals surface area contributed by atoms with Gasteiger partial charge < -0.3 is 14.3 Å². The fourth-order valence-corrected chi connectivity index (χ4v) is 2.80. The highest BCUT2D eigenvalue weighted by molar-refractivity contribution is 5.90. The van der Waals surface area contributed by atoms with E-state index in [1.54, 1.807) is 13.0 Å². The number of aliphatic hydroxyl groups excluding tert-OH is 1. The Balaban J connectivity index is 2.09. The molecule has 0 aliphatic carbocycles. The normalized spacial score (nSPS) is 11.3. The molecule has 0 amide bonds. The average Bonchev–Trinajstić information content (AvgIpc) is 3.01. The molecule has 2 aromatic rings. The third-order valence-electron chi connectivity index (χ3n) is 4.07. The Morgan fingerprint density at radius 1 is 1.38 bits per heavy atom. The molecule has 2 rings (SSSR count). The molecule has 0 saturated carbocycles. The summed E-state index contributed by atoms with van der Waals surface area (Å²) in [5.74, 6) is 0.893. The van der Waals surface area contributed by atoms with E-state index in [-0.39, 0.29) is 12.6 Å². The lowest BCUT2D eigenvalue weighted by Crippen LogP contribution is -2.18. The Hall–Kier alpha value is -2.12. The van der Waals surface area contributed by atoms with Gasteiger partial charge in [0.2, 0.25) is 0 Å². The highest BCUT2D eigenvalue weighted by Crippen LogP contribution is 2.19. The number of furan rings is 1. The molecule has 7 nitrogen and oxygen atoms in total. The second kappa shape index (κ2) is 7.63. The molecular formula is C17H25N3O4. The standard InChI is InChI=1S/C17H25N3O4/c1-11-16(12(2)20(18-11)6-7-21)10-19(4)9-14-8-15(13(3)24-14)17(22)23-5/h8,21H,6-7,9-10H2,1-5H3. The van der Waals surface area contributed by atoms with Gasteiger partial charge in [-0.2, -0.15) is 5.10 Å². The number of methoxy groups -OCH3 is 1. The summed E-state index contributed by atoms with van der Waals surface area (Å²) < 4.78 is 12.2. The van der Waals surface area contributed by atoms with Gasteiger partial charge in [-0.05, 0) is 33.9 Å². The van der Waals surface area contributed by atoms with Crippen molar-refractivity contribution in [2.24, 2.45) is 0 Å². The second-order valence-electron chi connectivity index (χ2n) is 5.94. The maximum absolute atomic E-state index is 11.7. The van der Waals surface area contributed by atoms with E-state index in [1.807, 2.05) is 25.6 Å². The Bertz CT molecular complexity index is 718. The highest BCUT2D eigenvalue weighted by atomic mass is 16.5. The van der Waals surface area contributed by atoms with Crippen molar-refractivity contribution in [1.82, 2.24) is 14.7 Å². The lowest BCUT2D eigenvalue weighted by atomic mass is 10.2. The SMILES string of the molecule is COC(=O)c1cc(CN(C)Cc2c(C)nn(CCO)c2C)oc1C. The lowest BCUT2D eigenvalue weighted by molar-refractivity contribution is 0.0599. The number of carbonyl (C=O) groups is 1. The Labute approximate surface area is 141 Å². The van der Waals surface area contributed by atoms with Crippen LogP contribution in [0.3, 0.4) is 0 Å². The molecule has 1 N–H and O–H groups in total. The highest BCUT2D eigenvalue weighted by Gasteiger charge is 2.18. The summed E-state index contributed by atoms with van der Waals surface area (Å²) in [5.41, 5.74) is 3.62. The van der Waals surface area contributed by atoms with Gasteiger partial charge in [0.25, 0.3) is 0 Å². The van der Waals surface area contributed by atoms with Crippen molar-refractivity contribution >= 4 is 5.97 Å². The van der Waals surface area contributed by atoms with Crippen LogP contribution in [-0.2, 0) is 24.4 Å². The van der Waals surface area contributed by atoms with Crippen LogP contribution in [0.2, 0.25) is 0 Å². The van der Waals surface area contributed by atoms with E-state index < -0.39 is 0 Å². The first-order valence-corrected chi connectivity index (χ1v) is 7.87. The van der Waals surface area contributed by atoms with Gasteiger partial charge in [-0.25, -0.2) is 4.79 Å². The van der Waals surface area contributed by atoms with Gasteiger partial charge in [-0.1, -0.05) is 0 Å². The van der Waals surface area contributed by atoms with Gasteiger partial charge in [0.1, 0.15) is 17.1 Å². The maximum atomic E-state index is 11.7. The van der Waals surface area contributed by atoms with Crippen molar-refractivity contribution in [2.75, 3.05) is 20.8 Å². The summed E-state index contributed by atoms with van der Waals surface area (Å²) >= 11 is 0. The van der Waals surface area contributed by atoms with Gasteiger partial charge in [0.15, 0.2) is 0 Å². The van der Waals surface area contributed by atoms with Gasteiger partial charge >= 0.3 is 5.97 Å². The van der Waals surface area contributed by atoms with Crippen LogP contribution in [-0.4, -0.2) is 46.5 Å². The van der Waals surface area contributed by atoms with Crippen molar-refractivity contribution in [3.05, 3.63) is 40.1 Å². The van der Waals surface area contributed by atoms with Crippen LogP contribution in [0, 0.1) is 20.8 Å². The number of aryl methyl sites for hydroxylation is 2. The Morgan fingerprint density at radius 2 is 2.08 bits per heavy atom. The maximum Gasteiger partial charge on any atom is 0.341 e. The van der Waals surface area contributed by atoms with E-state index in [0.717, 1.165) is 17.0 Å². The Morgan fingerprint density at radius 3 is 2.71 bits per heavy atom. The fourth-order valence-electron chi connectivity index (χ4n) is 2.80. The fraction of sp³-hybridized carbons (Fsp3) is 0.529. The number of aliphatic hydroxyl groups is 1. The molecule has 7 heteroatoms. The van der Waals surface area contributed by atoms with Crippen LogP contribution in [0.25, 0.3) is 0 Å². The van der Waals surface area contributed by atoms with Gasteiger partial charge in [0, 0.05) is 17.8 Å². The number of esters is 1. The summed E-state index contributed by atoms with van der Waals surface area (Å²) in [7, 11) is 3.34. The molecule has 132 valence electrons. The first kappa shape index (κ1) is 18.2. The van der Waals surface area contributed by atoms with Crippen LogP contribution in [0.15, 0.2) is 10.5 Å². The molecule has 0 radical (unpaired) electrons. The zero-order chi connectivity index (χ0) is 17.9. The third-order valence-corrected chi connectivity index (χ3v) is 4.07. The topological polar surface area (TPSA) is 80.7 Å². The number of nitrogens with zero attached hydrogens (tertiary/aromatic N) is 3. The Kier molecular flexibility index (Phi) is 5.80. The number of hydrogen-bond donors (Lipinski definition) is 1. The molecule has 2 aromatic heterocycles. The van der Waals surface area contributed by atoms with E-state index in [9.17, 15) is 4.79 Å². The smallest absolute Gasteiger partial charge is 0.341 e. The molecule has 24 heavy (non-hydrogen) atoms.